The number of amides is 1. The number of nitrogens with one attached hydrogen (secondary N) is 1. The van der Waals surface area contributed by atoms with Crippen LogP contribution in [-0.2, 0) is 26.0 Å². The minimum Gasteiger partial charge on any atom is -0.475 e. The second-order valence-corrected chi connectivity index (χ2v) is 11.9. The number of hydrogen-bond acceptors (Lipinski definition) is 6. The monoisotopic (exact) mass is 578 g/mol. The highest BCUT2D eigenvalue weighted by atomic mass is 32.2. The minimum atomic E-state index is -5.08. The molecule has 2 heterocycles. The lowest BCUT2D eigenvalue weighted by Crippen LogP contribution is -2.49. The maximum Gasteiger partial charge on any atom is 0.490 e. The number of piperazine rings is 1. The van der Waals surface area contributed by atoms with Crippen LogP contribution in [0, 0.1) is 0 Å². The normalized spacial score (nSPS) is 20.8. The molecule has 222 valence electrons. The van der Waals surface area contributed by atoms with Crippen molar-refractivity contribution >= 4 is 21.9 Å². The molecule has 2 aliphatic heterocycles. The maximum atomic E-state index is 13.5. The van der Waals surface area contributed by atoms with Crippen molar-refractivity contribution in [1.82, 2.24) is 19.4 Å². The third-order valence-electron chi connectivity index (χ3n) is 7.24. The number of aryl methyl sites for hydroxylation is 1. The molecule has 2 saturated heterocycles. The summed E-state index contributed by atoms with van der Waals surface area (Å²) in [6.45, 7) is 10.8. The van der Waals surface area contributed by atoms with E-state index >= 15 is 0 Å². The molecule has 1 aromatic carbocycles. The van der Waals surface area contributed by atoms with E-state index in [4.69, 9.17) is 9.90 Å². The van der Waals surface area contributed by atoms with Crippen molar-refractivity contribution in [2.24, 2.45) is 0 Å². The highest BCUT2D eigenvalue weighted by molar-refractivity contribution is 7.89. The molecule has 2 N–H and O–H groups in total. The van der Waals surface area contributed by atoms with Crippen molar-refractivity contribution in [1.29, 1.82) is 0 Å². The number of hydrogen-bond donors (Lipinski definition) is 2. The summed E-state index contributed by atoms with van der Waals surface area (Å²) in [6, 6.07) is 8.07. The Bertz CT molecular complexity index is 1020. The first-order chi connectivity index (χ1) is 18.3. The van der Waals surface area contributed by atoms with Crippen LogP contribution in [0.25, 0.3) is 0 Å². The zero-order valence-corrected chi connectivity index (χ0v) is 23.7. The lowest BCUT2D eigenvalue weighted by atomic mass is 9.98. The number of carbonyl (C=O) groups excluding carboxylic acids is 1. The summed E-state index contributed by atoms with van der Waals surface area (Å²) >= 11 is 0. The number of carboxylic acids is 1. The average molecular weight is 579 g/mol. The molecule has 1 amide bonds. The summed E-state index contributed by atoms with van der Waals surface area (Å²) in [6.07, 6.45) is -0.469. The van der Waals surface area contributed by atoms with Gasteiger partial charge in [0.05, 0.1) is 4.90 Å². The first-order valence-electron chi connectivity index (χ1n) is 13.4. The topological polar surface area (TPSA) is 110 Å². The molecular weight excluding hydrogens is 537 g/mol. The van der Waals surface area contributed by atoms with E-state index in [0.717, 1.165) is 37.9 Å². The number of likely N-dealkylation sites (tertiary alicyclic amines) is 1. The van der Waals surface area contributed by atoms with E-state index in [9.17, 15) is 26.4 Å². The molecule has 0 aliphatic carbocycles. The van der Waals surface area contributed by atoms with Gasteiger partial charge in [0.2, 0.25) is 15.9 Å². The number of carbonyl (C=O) groups is 2. The van der Waals surface area contributed by atoms with Gasteiger partial charge in [-0.15, -0.1) is 0 Å². The second-order valence-electron chi connectivity index (χ2n) is 9.95. The van der Waals surface area contributed by atoms with Gasteiger partial charge in [0.1, 0.15) is 0 Å². The fraction of sp³-hybridized carbons (Fsp3) is 0.692. The van der Waals surface area contributed by atoms with Crippen LogP contribution < -0.4 is 5.32 Å². The Labute approximate surface area is 229 Å². The molecule has 2 fully saturated rings. The number of benzene rings is 1. The van der Waals surface area contributed by atoms with Crippen molar-refractivity contribution in [2.45, 2.75) is 76.0 Å². The molecule has 9 nitrogen and oxygen atoms in total. The summed E-state index contributed by atoms with van der Waals surface area (Å²) in [5.41, 5.74) is 1.11. The third kappa shape index (κ3) is 10.0. The molecule has 13 heteroatoms. The van der Waals surface area contributed by atoms with Gasteiger partial charge in [-0.05, 0) is 50.8 Å². The van der Waals surface area contributed by atoms with Gasteiger partial charge in [-0.25, -0.2) is 13.2 Å². The molecule has 0 radical (unpaired) electrons. The number of nitrogens with zero attached hydrogens (tertiary/aromatic N) is 3. The summed E-state index contributed by atoms with van der Waals surface area (Å²) < 4.78 is 60.3. The Morgan fingerprint density at radius 3 is 2.08 bits per heavy atom. The fourth-order valence-electron chi connectivity index (χ4n) is 4.83. The summed E-state index contributed by atoms with van der Waals surface area (Å²) in [5.74, 6) is -2.72. The van der Waals surface area contributed by atoms with Gasteiger partial charge in [0.25, 0.3) is 0 Å². The molecule has 2 atom stereocenters. The second kappa shape index (κ2) is 15.0. The molecule has 3 rings (SSSR count). The van der Waals surface area contributed by atoms with E-state index in [2.05, 4.69) is 31.0 Å². The SMILES string of the molecule is CCc1ccc(S(=O)(=O)N(CCC(=O)N2CCNCC2)CCN2C(C)CCCC2C)cc1.O=C(O)C(F)(F)F. The largest absolute Gasteiger partial charge is 0.490 e. The summed E-state index contributed by atoms with van der Waals surface area (Å²) in [7, 11) is -3.66. The number of carboxylic acid groups (broad SMARTS) is 1. The maximum absolute atomic E-state index is 13.5. The number of alkyl halides is 3. The van der Waals surface area contributed by atoms with Crippen LogP contribution in [0.3, 0.4) is 0 Å². The fourth-order valence-corrected chi connectivity index (χ4v) is 6.27. The molecule has 2 aliphatic rings. The van der Waals surface area contributed by atoms with Crippen molar-refractivity contribution in [3.63, 3.8) is 0 Å². The van der Waals surface area contributed by atoms with Gasteiger partial charge in [-0.3, -0.25) is 9.69 Å². The number of aliphatic carboxylic acids is 1. The third-order valence-corrected chi connectivity index (χ3v) is 9.15. The summed E-state index contributed by atoms with van der Waals surface area (Å²) in [5, 5.41) is 10.4. The Balaban J connectivity index is 0.000000673. The van der Waals surface area contributed by atoms with E-state index in [1.54, 1.807) is 12.1 Å². The molecular formula is C26H41F3N4O5S. The van der Waals surface area contributed by atoms with E-state index in [0.29, 0.717) is 43.2 Å². The Hall–Kier alpha value is -2.22. The number of sulfonamides is 1. The molecule has 0 spiro atoms. The Morgan fingerprint density at radius 1 is 1.05 bits per heavy atom. The van der Waals surface area contributed by atoms with Crippen LogP contribution in [0.4, 0.5) is 13.2 Å². The molecule has 0 bridgehead atoms. The first kappa shape index (κ1) is 33.0. The average Bonchev–Trinajstić information content (AvgIpc) is 2.90. The van der Waals surface area contributed by atoms with E-state index in [1.165, 1.54) is 10.7 Å². The van der Waals surface area contributed by atoms with E-state index < -0.39 is 22.2 Å². The molecule has 39 heavy (non-hydrogen) atoms. The minimum absolute atomic E-state index is 0.0349. The lowest BCUT2D eigenvalue weighted by Gasteiger charge is -2.40. The van der Waals surface area contributed by atoms with Crippen molar-refractivity contribution < 1.29 is 36.3 Å². The van der Waals surface area contributed by atoms with Crippen LogP contribution in [0.5, 0.6) is 0 Å². The zero-order valence-electron chi connectivity index (χ0n) is 22.9. The van der Waals surface area contributed by atoms with Crippen LogP contribution in [0.15, 0.2) is 29.2 Å². The number of halogens is 3. The van der Waals surface area contributed by atoms with Crippen LogP contribution in [-0.4, -0.2) is 104 Å². The smallest absolute Gasteiger partial charge is 0.475 e. The zero-order chi connectivity index (χ0) is 29.2. The molecule has 2 unspecified atom stereocenters. The number of rotatable bonds is 9. The van der Waals surface area contributed by atoms with Gasteiger partial charge in [-0.2, -0.15) is 17.5 Å². The first-order valence-corrected chi connectivity index (χ1v) is 14.8. The van der Waals surface area contributed by atoms with Crippen molar-refractivity contribution in [3.05, 3.63) is 29.8 Å². The number of piperidine rings is 1. The van der Waals surface area contributed by atoms with Gasteiger partial charge in [0.15, 0.2) is 0 Å². The lowest BCUT2D eigenvalue weighted by molar-refractivity contribution is -0.192. The summed E-state index contributed by atoms with van der Waals surface area (Å²) in [4.78, 5) is 26.2. The molecule has 0 aromatic heterocycles. The van der Waals surface area contributed by atoms with Gasteiger partial charge in [-0.1, -0.05) is 25.5 Å². The van der Waals surface area contributed by atoms with E-state index in [-0.39, 0.29) is 18.9 Å². The van der Waals surface area contributed by atoms with Crippen LogP contribution in [0.1, 0.15) is 52.0 Å². The quantitative estimate of drug-likeness (QED) is 0.464. The molecule has 0 saturated carbocycles. The standard InChI is InChI=1S/C24H40N4O3S.C2HF3O2/c1-4-22-8-10-23(11-9-22)32(30,31)27(15-12-24(29)26-16-13-25-14-17-26)18-19-28-20(2)6-5-7-21(28)3;3-2(4,5)1(6)7/h8-11,20-21,25H,4-7,12-19H2,1-3H3;(H,6,7). The predicted molar refractivity (Wildman–Crippen MR) is 142 cm³/mol. The molecule has 1 aromatic rings. The van der Waals surface area contributed by atoms with Gasteiger partial charge < -0.3 is 15.3 Å². The van der Waals surface area contributed by atoms with Crippen molar-refractivity contribution in [3.8, 4) is 0 Å². The van der Waals surface area contributed by atoms with Crippen molar-refractivity contribution in [2.75, 3.05) is 45.8 Å². The predicted octanol–water partition coefficient (Wildman–Crippen LogP) is 2.96. The van der Waals surface area contributed by atoms with Gasteiger partial charge in [0, 0.05) is 64.3 Å². The highest BCUT2D eigenvalue weighted by Crippen LogP contribution is 2.23. The van der Waals surface area contributed by atoms with E-state index in [1.807, 2.05) is 17.0 Å². The van der Waals surface area contributed by atoms with Crippen LogP contribution in [0.2, 0.25) is 0 Å². The van der Waals surface area contributed by atoms with Crippen LogP contribution >= 0.6 is 0 Å². The Kier molecular flexibility index (Phi) is 12.7. The Morgan fingerprint density at radius 2 is 1.59 bits per heavy atom. The highest BCUT2D eigenvalue weighted by Gasteiger charge is 2.38. The van der Waals surface area contributed by atoms with Gasteiger partial charge >= 0.3 is 12.1 Å².